The molecule has 0 bridgehead atoms. The molecule has 4 saturated heterocycles. The number of rotatable bonds is 12. The van der Waals surface area contributed by atoms with Gasteiger partial charge in [-0.15, -0.1) is 0 Å². The van der Waals surface area contributed by atoms with Crippen LogP contribution in [0.25, 0.3) is 22.1 Å². The van der Waals surface area contributed by atoms with Crippen LogP contribution < -0.4 is 20.4 Å². The maximum atomic E-state index is 16.9. The Morgan fingerprint density at radius 2 is 1.03 bits per heavy atom. The molecule has 0 aliphatic carbocycles. The molecule has 75 heavy (non-hydrogen) atoms. The lowest BCUT2D eigenvalue weighted by molar-refractivity contribution is -0.136. The van der Waals surface area contributed by atoms with Crippen molar-refractivity contribution in [3.8, 4) is 0 Å². The van der Waals surface area contributed by atoms with E-state index in [0.717, 1.165) is 12.8 Å². The number of aromatic amines is 2. The summed E-state index contributed by atoms with van der Waals surface area (Å²) < 4.78 is 76.9. The molecule has 4 amide bonds. The molecule has 6 heterocycles. The number of carbonyl (C=O) groups excluding carboxylic acids is 4. The Labute approximate surface area is 434 Å². The van der Waals surface area contributed by atoms with Gasteiger partial charge in [-0.1, -0.05) is 48.5 Å². The van der Waals surface area contributed by atoms with E-state index in [9.17, 15) is 19.2 Å². The first-order valence-corrected chi connectivity index (χ1v) is 26.4. The number of anilines is 2. The highest BCUT2D eigenvalue weighted by atomic mass is 19.1. The number of alkyl carbamates (subject to hydrolysis) is 2. The van der Waals surface area contributed by atoms with Gasteiger partial charge in [0.05, 0.1) is 60.5 Å². The Hall–Kier alpha value is -6.60. The number of ether oxygens (including phenoxy) is 2. The summed E-state index contributed by atoms with van der Waals surface area (Å²) in [4.78, 5) is 75.4. The summed E-state index contributed by atoms with van der Waals surface area (Å²) in [5.41, 5.74) is 1.97. The number of hydrogen-bond acceptors (Lipinski definition) is 10. The monoisotopic (exact) mass is 1040 g/mol. The fourth-order valence-electron chi connectivity index (χ4n) is 12.1. The predicted molar refractivity (Wildman–Crippen MR) is 276 cm³/mol. The minimum absolute atomic E-state index is 0.0489. The van der Waals surface area contributed by atoms with Gasteiger partial charge < -0.3 is 49.7 Å². The number of halogens is 4. The average molecular weight is 1040 g/mol. The van der Waals surface area contributed by atoms with Crippen LogP contribution in [0.1, 0.15) is 147 Å². The van der Waals surface area contributed by atoms with Gasteiger partial charge in [-0.3, -0.25) is 9.59 Å². The number of methoxy groups -OCH3 is 2. The molecule has 5 aromatic rings. The van der Waals surface area contributed by atoms with E-state index < -0.39 is 71.7 Å². The second-order valence-corrected chi connectivity index (χ2v) is 22.5. The van der Waals surface area contributed by atoms with E-state index in [-0.39, 0.29) is 64.4 Å². The Morgan fingerprint density at radius 1 is 0.600 bits per heavy atom. The first kappa shape index (κ1) is 53.2. The van der Waals surface area contributed by atoms with Crippen molar-refractivity contribution in [3.63, 3.8) is 0 Å². The molecule has 0 radical (unpaired) electrons. The lowest BCUT2D eigenvalue weighted by atomic mass is 9.75. The van der Waals surface area contributed by atoms with Crippen LogP contribution >= 0.6 is 0 Å². The molecular weight excluding hydrogens is 973 g/mol. The number of amides is 4. The van der Waals surface area contributed by atoms with Crippen molar-refractivity contribution in [1.82, 2.24) is 40.4 Å². The number of nitrogens with zero attached hydrogens (tertiary/aromatic N) is 6. The molecular formula is C55H70F4N10O6. The lowest BCUT2D eigenvalue weighted by Crippen LogP contribution is -2.51. The molecule has 20 heteroatoms. The van der Waals surface area contributed by atoms with Gasteiger partial charge in [0, 0.05) is 43.0 Å². The van der Waals surface area contributed by atoms with Gasteiger partial charge in [0.2, 0.25) is 11.8 Å². The fraction of sp³-hybridized carbons (Fsp3) is 0.564. The van der Waals surface area contributed by atoms with Crippen LogP contribution in [0.5, 0.6) is 0 Å². The van der Waals surface area contributed by atoms with Crippen LogP contribution in [0, 0.1) is 46.4 Å². The van der Waals surface area contributed by atoms with Crippen LogP contribution in [-0.4, -0.2) is 106 Å². The number of H-pyrrole nitrogens is 2. The molecule has 2 aromatic heterocycles. The summed E-state index contributed by atoms with van der Waals surface area (Å²) in [6, 6.07) is 4.03. The van der Waals surface area contributed by atoms with Crippen molar-refractivity contribution in [2.24, 2.45) is 23.2 Å². The molecule has 4 fully saturated rings. The zero-order valence-corrected chi connectivity index (χ0v) is 44.3. The highest BCUT2D eigenvalue weighted by molar-refractivity contribution is 5.88. The van der Waals surface area contributed by atoms with Gasteiger partial charge in [-0.05, 0) is 111 Å². The Kier molecular flexibility index (Phi) is 15.0. The average Bonchev–Trinajstić information content (AvgIpc) is 4.24. The summed E-state index contributed by atoms with van der Waals surface area (Å²) in [5.74, 6) is -2.60. The molecule has 4 N–H and O–H groups in total. The van der Waals surface area contributed by atoms with Gasteiger partial charge >= 0.3 is 12.2 Å². The normalized spacial score (nSPS) is 21.5. The molecule has 4 aliphatic heterocycles. The van der Waals surface area contributed by atoms with Crippen molar-refractivity contribution < 1.29 is 46.2 Å². The highest BCUT2D eigenvalue weighted by Gasteiger charge is 2.43. The van der Waals surface area contributed by atoms with E-state index in [1.54, 1.807) is 31.7 Å². The number of imidazole rings is 2. The molecule has 9 rings (SSSR count). The van der Waals surface area contributed by atoms with E-state index in [0.29, 0.717) is 91.5 Å². The number of hydrogen-bond donors (Lipinski definition) is 4. The Bertz CT molecular complexity index is 2790. The van der Waals surface area contributed by atoms with Gasteiger partial charge in [0.25, 0.3) is 0 Å². The number of likely N-dealkylation sites (tertiary alicyclic amines) is 2. The Morgan fingerprint density at radius 3 is 1.41 bits per heavy atom. The lowest BCUT2D eigenvalue weighted by Gasteiger charge is -2.40. The minimum atomic E-state index is -0.855. The third-order valence-corrected chi connectivity index (χ3v) is 16.2. The second kappa shape index (κ2) is 21.2. The number of carbonyl (C=O) groups is 4. The van der Waals surface area contributed by atoms with Crippen LogP contribution in [0.15, 0.2) is 36.4 Å². The summed E-state index contributed by atoms with van der Waals surface area (Å²) in [5, 5.41) is 5.31. The van der Waals surface area contributed by atoms with Crippen molar-refractivity contribution in [1.29, 1.82) is 0 Å². The van der Waals surface area contributed by atoms with Gasteiger partial charge in [0.1, 0.15) is 41.1 Å². The van der Waals surface area contributed by atoms with E-state index in [2.05, 4.69) is 41.4 Å². The number of nitrogens with one attached hydrogen (secondary N) is 4. The topological polar surface area (TPSA) is 181 Å². The maximum Gasteiger partial charge on any atom is 0.407 e. The zero-order valence-electron chi connectivity index (χ0n) is 44.3. The molecule has 0 saturated carbocycles. The van der Waals surface area contributed by atoms with Crippen LogP contribution in [0.2, 0.25) is 0 Å². The molecule has 0 spiro atoms. The van der Waals surface area contributed by atoms with Crippen molar-refractivity contribution >= 4 is 57.4 Å². The SMILES string of the molecule is COC(=O)NC(C(=O)N1CCC[C@H]1c1nc2cc([C@H]3CC[C@H](c4cc5nc([C@@H]6CCCN6C(=O)[C@@H](NC(=O)OC)C(C)C)[nH]c5cc4F)N3c3cc(F)c(N4CCC(C(C)(C)C)CC4)c(F)c3)c(F)cc2[nH]1)C(C)C. The first-order chi connectivity index (χ1) is 35.7. The van der Waals surface area contributed by atoms with E-state index >= 15 is 17.6 Å². The molecule has 1 unspecified atom stereocenters. The largest absolute Gasteiger partial charge is 0.453 e. The quantitative estimate of drug-likeness (QED) is 0.0878. The van der Waals surface area contributed by atoms with Crippen LogP contribution in [0.3, 0.4) is 0 Å². The van der Waals surface area contributed by atoms with E-state index in [4.69, 9.17) is 19.4 Å². The molecule has 6 atom stereocenters. The molecule has 3 aromatic carbocycles. The van der Waals surface area contributed by atoms with Crippen LogP contribution in [0.4, 0.5) is 38.5 Å². The molecule has 404 valence electrons. The third kappa shape index (κ3) is 10.4. The van der Waals surface area contributed by atoms with Crippen molar-refractivity contribution in [3.05, 3.63) is 82.4 Å². The summed E-state index contributed by atoms with van der Waals surface area (Å²) in [6.45, 7) is 15.6. The first-order valence-electron chi connectivity index (χ1n) is 26.4. The summed E-state index contributed by atoms with van der Waals surface area (Å²) in [6.07, 6.45) is 3.12. The molecule has 4 aliphatic rings. The predicted octanol–water partition coefficient (Wildman–Crippen LogP) is 10.4. The van der Waals surface area contributed by atoms with E-state index in [1.807, 2.05) is 27.7 Å². The van der Waals surface area contributed by atoms with Crippen LogP contribution in [-0.2, 0) is 19.1 Å². The highest BCUT2D eigenvalue weighted by Crippen LogP contribution is 2.50. The third-order valence-electron chi connectivity index (χ3n) is 16.2. The van der Waals surface area contributed by atoms with Gasteiger partial charge in [-0.2, -0.15) is 0 Å². The van der Waals surface area contributed by atoms with Gasteiger partial charge in [0.15, 0.2) is 11.6 Å². The molecule has 16 nitrogen and oxygen atoms in total. The fourth-order valence-corrected chi connectivity index (χ4v) is 12.1. The number of piperidine rings is 1. The zero-order chi connectivity index (χ0) is 53.8. The Balaban J connectivity index is 1.07. The van der Waals surface area contributed by atoms with E-state index in [1.165, 1.54) is 38.5 Å². The second-order valence-electron chi connectivity index (χ2n) is 22.5. The van der Waals surface area contributed by atoms with Crippen molar-refractivity contribution in [2.75, 3.05) is 50.2 Å². The number of fused-ring (bicyclic) bond motifs is 2. The number of benzene rings is 3. The standard InChI is InChI=1S/C55H70F4N10O6/c1-28(2)46(64-53(72)74-8)51(70)67-18-10-12-44(67)49-60-38-24-32(34(56)26-40(38)62-49)42-14-15-43(69(42)31-22-36(58)48(37(59)23-31)66-20-16-30(17-21-66)55(5,6)7)33-25-39-41(27-35(33)57)63-50(61-39)45-13-11-19-68(45)52(71)47(29(3)4)65-54(73)75-9/h22-30,42-47H,10-21H2,1-9H3,(H,60,62)(H,61,63)(H,64,72)(H,65,73)/t42-,43-,44+,45+,46+,47?/m1/s1. The minimum Gasteiger partial charge on any atom is -0.453 e. The summed E-state index contributed by atoms with van der Waals surface area (Å²) in [7, 11) is 2.46. The smallest absolute Gasteiger partial charge is 0.407 e. The van der Waals surface area contributed by atoms with Crippen molar-refractivity contribution in [2.45, 2.75) is 136 Å². The van der Waals surface area contributed by atoms with Gasteiger partial charge in [-0.25, -0.2) is 37.1 Å². The summed E-state index contributed by atoms with van der Waals surface area (Å²) >= 11 is 0. The maximum absolute atomic E-state index is 16.9. The number of aromatic nitrogens is 4.